The Hall–Kier alpha value is -1.22. The molecule has 2 N–H and O–H groups in total. The molecule has 4 atom stereocenters. The van der Waals surface area contributed by atoms with Crippen molar-refractivity contribution in [2.45, 2.75) is 25.4 Å². The lowest BCUT2D eigenvalue weighted by Gasteiger charge is -2.35. The minimum atomic E-state index is -1.59. The van der Waals surface area contributed by atoms with Crippen LogP contribution in [0.1, 0.15) is 6.92 Å². The van der Waals surface area contributed by atoms with E-state index < -0.39 is 48.9 Å². The maximum Gasteiger partial charge on any atom is 0.449 e. The molecule has 1 aliphatic rings. The van der Waals surface area contributed by atoms with Crippen molar-refractivity contribution in [3.63, 3.8) is 0 Å². The lowest BCUT2D eigenvalue weighted by atomic mass is 10.2. The highest BCUT2D eigenvalue weighted by Gasteiger charge is 2.43. The second-order valence-corrected chi connectivity index (χ2v) is 4.69. The molecule has 20 heavy (non-hydrogen) atoms. The molecule has 0 fully saturated rings. The van der Waals surface area contributed by atoms with Crippen LogP contribution in [0.5, 0.6) is 0 Å². The van der Waals surface area contributed by atoms with Crippen LogP contribution in [-0.2, 0) is 4.74 Å². The fourth-order valence-corrected chi connectivity index (χ4v) is 1.70. The first-order chi connectivity index (χ1) is 9.38. The monoisotopic (exact) mass is 293 g/mol. The molecule has 1 rings (SSSR count). The number of carbonyl (C=O) groups is 1. The van der Waals surface area contributed by atoms with E-state index in [2.05, 4.69) is 4.99 Å². The van der Waals surface area contributed by atoms with Gasteiger partial charge in [0.2, 0.25) is 6.23 Å². The van der Waals surface area contributed by atoms with Gasteiger partial charge in [0, 0.05) is 6.08 Å². The molecule has 0 saturated heterocycles. The minimum Gasteiger partial charge on any atom is -0.394 e. The number of allylic oxidation sites excluding steroid dienone is 1. The summed E-state index contributed by atoms with van der Waals surface area (Å²) in [5.74, 6) is 0. The van der Waals surface area contributed by atoms with Gasteiger partial charge >= 0.3 is 6.03 Å². The van der Waals surface area contributed by atoms with E-state index in [0.29, 0.717) is 5.71 Å². The largest absolute Gasteiger partial charge is 0.449 e. The third-order valence-electron chi connectivity index (χ3n) is 3.14. The van der Waals surface area contributed by atoms with Gasteiger partial charge in [-0.2, -0.15) is 9.48 Å². The SMILES string of the molecule is CC1=NC(=O)[N+](C)(C(CF)OC(CO)C(O)CF)C=C1. The molecule has 0 bridgehead atoms. The molecule has 0 aromatic heterocycles. The van der Waals surface area contributed by atoms with Crippen LogP contribution in [0.4, 0.5) is 13.6 Å². The van der Waals surface area contributed by atoms with Crippen LogP contribution in [0.15, 0.2) is 17.3 Å². The van der Waals surface area contributed by atoms with Crippen LogP contribution < -0.4 is 0 Å². The zero-order valence-corrected chi connectivity index (χ0v) is 11.4. The van der Waals surface area contributed by atoms with Crippen LogP contribution in [-0.4, -0.2) is 71.9 Å². The van der Waals surface area contributed by atoms with Gasteiger partial charge in [-0.05, 0) is 6.92 Å². The van der Waals surface area contributed by atoms with Crippen LogP contribution in [0.3, 0.4) is 0 Å². The third-order valence-corrected chi connectivity index (χ3v) is 3.14. The number of hydrogen-bond acceptors (Lipinski definition) is 4. The lowest BCUT2D eigenvalue weighted by molar-refractivity contribution is -0.834. The topological polar surface area (TPSA) is 79.1 Å². The molecule has 0 saturated carbocycles. The van der Waals surface area contributed by atoms with Crippen molar-refractivity contribution in [1.29, 1.82) is 0 Å². The van der Waals surface area contributed by atoms with Crippen molar-refractivity contribution in [3.05, 3.63) is 12.3 Å². The number of amides is 2. The van der Waals surface area contributed by atoms with Gasteiger partial charge in [-0.15, -0.1) is 0 Å². The summed E-state index contributed by atoms with van der Waals surface area (Å²) in [6, 6.07) is -0.640. The third kappa shape index (κ3) is 3.45. The van der Waals surface area contributed by atoms with Crippen LogP contribution in [0.25, 0.3) is 0 Å². The van der Waals surface area contributed by atoms with E-state index in [9.17, 15) is 18.7 Å². The fourth-order valence-electron chi connectivity index (χ4n) is 1.70. The first kappa shape index (κ1) is 16.8. The first-order valence-corrected chi connectivity index (χ1v) is 6.10. The second kappa shape index (κ2) is 6.98. The average molecular weight is 293 g/mol. The van der Waals surface area contributed by atoms with E-state index >= 15 is 0 Å². The quantitative estimate of drug-likeness (QED) is 0.672. The summed E-state index contributed by atoms with van der Waals surface area (Å²) in [5.41, 5.74) is 0.478. The Bertz CT molecular complexity index is 416. The van der Waals surface area contributed by atoms with Gasteiger partial charge in [0.05, 0.1) is 19.4 Å². The molecule has 0 aromatic carbocycles. The Kier molecular flexibility index (Phi) is 5.88. The summed E-state index contributed by atoms with van der Waals surface area (Å²) in [4.78, 5) is 15.6. The van der Waals surface area contributed by atoms with Crippen molar-refractivity contribution in [2.75, 3.05) is 27.0 Å². The highest BCUT2D eigenvalue weighted by atomic mass is 19.1. The van der Waals surface area contributed by atoms with E-state index in [1.807, 2.05) is 0 Å². The van der Waals surface area contributed by atoms with Gasteiger partial charge in [-0.1, -0.05) is 0 Å². The number of carbonyl (C=O) groups excluding carboxylic acids is 1. The number of ether oxygens (including phenoxy) is 1. The number of urea groups is 1. The van der Waals surface area contributed by atoms with Crippen molar-refractivity contribution in [1.82, 2.24) is 0 Å². The van der Waals surface area contributed by atoms with Crippen LogP contribution >= 0.6 is 0 Å². The maximum absolute atomic E-state index is 13.2. The van der Waals surface area contributed by atoms with Gasteiger partial charge in [0.25, 0.3) is 0 Å². The molecular weight excluding hydrogens is 274 g/mol. The zero-order valence-electron chi connectivity index (χ0n) is 11.4. The number of aliphatic hydroxyl groups is 2. The zero-order chi connectivity index (χ0) is 15.3. The Morgan fingerprint density at radius 1 is 1.45 bits per heavy atom. The molecular formula is C12H19F2N2O4+. The van der Waals surface area contributed by atoms with Gasteiger partial charge in [0.15, 0.2) is 6.67 Å². The second-order valence-electron chi connectivity index (χ2n) is 4.69. The lowest BCUT2D eigenvalue weighted by Crippen LogP contribution is -2.57. The minimum absolute atomic E-state index is 0.478. The highest BCUT2D eigenvalue weighted by molar-refractivity contribution is 6.00. The Balaban J connectivity index is 2.90. The van der Waals surface area contributed by atoms with Crippen molar-refractivity contribution in [2.24, 2.45) is 4.99 Å². The van der Waals surface area contributed by atoms with E-state index in [1.54, 1.807) is 6.92 Å². The molecule has 6 nitrogen and oxygen atoms in total. The number of aliphatic hydroxyl groups excluding tert-OH is 2. The number of halogens is 2. The predicted octanol–water partition coefficient (Wildman–Crippen LogP) is 0.545. The number of nitrogens with zero attached hydrogens (tertiary/aromatic N) is 2. The van der Waals surface area contributed by atoms with Crippen LogP contribution in [0.2, 0.25) is 0 Å². The van der Waals surface area contributed by atoms with Gasteiger partial charge in [-0.3, -0.25) is 0 Å². The Morgan fingerprint density at radius 2 is 2.10 bits per heavy atom. The van der Waals surface area contributed by atoms with Gasteiger partial charge in [0.1, 0.15) is 25.1 Å². The van der Waals surface area contributed by atoms with Crippen molar-refractivity contribution < 1.29 is 33.0 Å². The average Bonchev–Trinajstić information content (AvgIpc) is 2.44. The van der Waals surface area contributed by atoms with E-state index in [1.165, 1.54) is 19.3 Å². The normalized spacial score (nSPS) is 27.1. The summed E-state index contributed by atoms with van der Waals surface area (Å²) in [7, 11) is 1.38. The smallest absolute Gasteiger partial charge is 0.394 e. The van der Waals surface area contributed by atoms with Gasteiger partial charge < -0.3 is 14.9 Å². The molecule has 1 aliphatic heterocycles. The summed E-state index contributed by atoms with van der Waals surface area (Å²) >= 11 is 0. The van der Waals surface area contributed by atoms with Crippen LogP contribution in [0, 0.1) is 0 Å². The summed E-state index contributed by atoms with van der Waals surface area (Å²) in [5, 5.41) is 18.4. The number of aliphatic imine (C=N–C) groups is 1. The van der Waals surface area contributed by atoms with Crippen molar-refractivity contribution in [3.8, 4) is 0 Å². The number of rotatable bonds is 7. The molecule has 8 heteroatoms. The Morgan fingerprint density at radius 3 is 2.55 bits per heavy atom. The molecule has 1 heterocycles. The predicted molar refractivity (Wildman–Crippen MR) is 67.5 cm³/mol. The first-order valence-electron chi connectivity index (χ1n) is 6.10. The fraction of sp³-hybridized carbons (Fsp3) is 0.667. The molecule has 114 valence electrons. The molecule has 0 spiro atoms. The van der Waals surface area contributed by atoms with E-state index in [-0.39, 0.29) is 0 Å². The maximum atomic E-state index is 13.2. The molecule has 2 amide bonds. The highest BCUT2D eigenvalue weighted by Crippen LogP contribution is 2.22. The van der Waals surface area contributed by atoms with Gasteiger partial charge in [-0.25, -0.2) is 13.6 Å². The Labute approximate surface area is 115 Å². The standard InChI is InChI=1S/C12H19F2N2O4/c1-8-3-4-16(2,12(19)15-8)11(6-14)20-10(7-17)9(18)5-13/h3-4,9-11,17-18H,5-7H2,1-2H3/q+1. The summed E-state index contributed by atoms with van der Waals surface area (Å²) in [6.07, 6.45) is -1.29. The number of hydrogen-bond donors (Lipinski definition) is 2. The van der Waals surface area contributed by atoms with E-state index in [0.717, 1.165) is 0 Å². The number of alkyl halides is 2. The molecule has 0 aromatic rings. The molecule has 4 unspecified atom stereocenters. The van der Waals surface area contributed by atoms with Crippen molar-refractivity contribution >= 4 is 11.7 Å². The molecule has 0 aliphatic carbocycles. The number of quaternary nitrogens is 1. The molecule has 0 radical (unpaired) electrons. The summed E-state index contributed by atoms with van der Waals surface area (Å²) < 4.78 is 30.1. The van der Waals surface area contributed by atoms with E-state index in [4.69, 9.17) is 9.84 Å². The summed E-state index contributed by atoms with van der Waals surface area (Å²) in [6.45, 7) is -1.28.